The van der Waals surface area contributed by atoms with E-state index in [9.17, 15) is 4.79 Å². The first-order valence-electron chi connectivity index (χ1n) is 8.22. The lowest BCUT2D eigenvalue weighted by Gasteiger charge is -2.65. The van der Waals surface area contributed by atoms with Gasteiger partial charge in [-0.05, 0) is 61.2 Å². The van der Waals surface area contributed by atoms with E-state index >= 15 is 0 Å². The van der Waals surface area contributed by atoms with Gasteiger partial charge in [-0.2, -0.15) is 0 Å². The standard InChI is InChI=1S/C17H30N2O/c1-11(2)13(18)14(20)19-17-7-12-5-15(3,9-17)8-16(4,6-12)10-17/h11-13H,5-10,18H2,1-4H3,(H,19,20)/t12?,13-,15?,16?,17?/m0/s1. The first-order valence-corrected chi connectivity index (χ1v) is 8.22. The van der Waals surface area contributed by atoms with E-state index in [1.54, 1.807) is 0 Å². The summed E-state index contributed by atoms with van der Waals surface area (Å²) in [4.78, 5) is 12.4. The Hall–Kier alpha value is -0.570. The zero-order valence-electron chi connectivity index (χ0n) is 13.5. The van der Waals surface area contributed by atoms with Gasteiger partial charge >= 0.3 is 0 Å². The van der Waals surface area contributed by atoms with E-state index in [1.807, 2.05) is 13.8 Å². The lowest BCUT2D eigenvalue weighted by molar-refractivity contribution is -0.141. The molecule has 0 aromatic rings. The summed E-state index contributed by atoms with van der Waals surface area (Å²) in [5.74, 6) is 1.07. The third-order valence-electron chi connectivity index (χ3n) is 6.04. The van der Waals surface area contributed by atoms with Gasteiger partial charge in [-0.15, -0.1) is 0 Å². The highest BCUT2D eigenvalue weighted by atomic mass is 16.2. The van der Waals surface area contributed by atoms with Gasteiger partial charge < -0.3 is 11.1 Å². The SMILES string of the molecule is CC(C)[C@H](N)C(=O)NC12CC3CC(C)(CC(C)(C3)C1)C2. The zero-order chi connectivity index (χ0) is 14.8. The zero-order valence-corrected chi connectivity index (χ0v) is 13.5. The minimum Gasteiger partial charge on any atom is -0.349 e. The van der Waals surface area contributed by atoms with Crippen LogP contribution >= 0.6 is 0 Å². The molecule has 3 heteroatoms. The van der Waals surface area contributed by atoms with Gasteiger partial charge in [0.25, 0.3) is 0 Å². The predicted molar refractivity (Wildman–Crippen MR) is 81.1 cm³/mol. The predicted octanol–water partition coefficient (Wildman–Crippen LogP) is 2.83. The molecule has 4 rings (SSSR count). The molecule has 0 aromatic carbocycles. The molecule has 4 aliphatic carbocycles. The van der Waals surface area contributed by atoms with Crippen LogP contribution < -0.4 is 11.1 Å². The molecule has 0 heterocycles. The number of nitrogens with one attached hydrogen (secondary N) is 1. The van der Waals surface area contributed by atoms with Crippen molar-refractivity contribution in [3.05, 3.63) is 0 Å². The highest BCUT2D eigenvalue weighted by Gasteiger charge is 2.60. The van der Waals surface area contributed by atoms with Crippen LogP contribution in [-0.4, -0.2) is 17.5 Å². The van der Waals surface area contributed by atoms with E-state index in [-0.39, 0.29) is 23.4 Å². The van der Waals surface area contributed by atoms with Gasteiger partial charge in [0.05, 0.1) is 6.04 Å². The minimum atomic E-state index is -0.372. The van der Waals surface area contributed by atoms with Gasteiger partial charge in [0.15, 0.2) is 0 Å². The van der Waals surface area contributed by atoms with Crippen LogP contribution in [0.25, 0.3) is 0 Å². The number of hydrogen-bond acceptors (Lipinski definition) is 2. The van der Waals surface area contributed by atoms with Gasteiger partial charge in [0.1, 0.15) is 0 Å². The molecule has 1 amide bonds. The molecule has 4 saturated carbocycles. The van der Waals surface area contributed by atoms with Crippen LogP contribution in [0.3, 0.4) is 0 Å². The molecule has 3 N–H and O–H groups in total. The molecule has 0 aromatic heterocycles. The quantitative estimate of drug-likeness (QED) is 0.834. The van der Waals surface area contributed by atoms with Crippen molar-refractivity contribution in [1.82, 2.24) is 5.32 Å². The number of hydrogen-bond donors (Lipinski definition) is 2. The Morgan fingerprint density at radius 2 is 1.65 bits per heavy atom. The van der Waals surface area contributed by atoms with Gasteiger partial charge in [-0.3, -0.25) is 4.79 Å². The second kappa shape index (κ2) is 4.22. The van der Waals surface area contributed by atoms with E-state index in [0.717, 1.165) is 18.8 Å². The van der Waals surface area contributed by atoms with Crippen LogP contribution in [0.15, 0.2) is 0 Å². The number of carbonyl (C=O) groups excluding carboxylic acids is 1. The number of carbonyl (C=O) groups is 1. The van der Waals surface area contributed by atoms with Crippen molar-refractivity contribution in [1.29, 1.82) is 0 Å². The van der Waals surface area contributed by atoms with Gasteiger partial charge in [0.2, 0.25) is 5.91 Å². The Kier molecular flexibility index (Phi) is 3.03. The highest BCUT2D eigenvalue weighted by molar-refractivity contribution is 5.82. The summed E-state index contributed by atoms with van der Waals surface area (Å²) >= 11 is 0. The molecular weight excluding hydrogens is 248 g/mol. The largest absolute Gasteiger partial charge is 0.349 e. The molecule has 2 unspecified atom stereocenters. The molecule has 114 valence electrons. The Bertz CT molecular complexity index is 413. The normalized spacial score (nSPS) is 47.6. The maximum atomic E-state index is 12.4. The molecule has 0 spiro atoms. The molecule has 4 fully saturated rings. The molecular formula is C17H30N2O. The fourth-order valence-electron chi connectivity index (χ4n) is 6.23. The maximum Gasteiger partial charge on any atom is 0.237 e. The van der Waals surface area contributed by atoms with Crippen molar-refractivity contribution in [2.24, 2.45) is 28.4 Å². The minimum absolute atomic E-state index is 0.0342. The fourth-order valence-corrected chi connectivity index (χ4v) is 6.23. The molecule has 0 aliphatic heterocycles. The lowest BCUT2D eigenvalue weighted by atomic mass is 9.43. The van der Waals surface area contributed by atoms with Gasteiger partial charge in [-0.1, -0.05) is 27.7 Å². The first kappa shape index (κ1) is 14.4. The molecule has 20 heavy (non-hydrogen) atoms. The third kappa shape index (κ3) is 2.28. The van der Waals surface area contributed by atoms with Crippen molar-refractivity contribution >= 4 is 5.91 Å². The van der Waals surface area contributed by atoms with E-state index < -0.39 is 0 Å². The highest BCUT2D eigenvalue weighted by Crippen LogP contribution is 2.66. The summed E-state index contributed by atoms with van der Waals surface area (Å²) in [6.45, 7) is 8.90. The van der Waals surface area contributed by atoms with E-state index in [0.29, 0.717) is 10.8 Å². The van der Waals surface area contributed by atoms with Crippen molar-refractivity contribution in [3.63, 3.8) is 0 Å². The summed E-state index contributed by atoms with van der Waals surface area (Å²) in [7, 11) is 0. The molecule has 0 radical (unpaired) electrons. The maximum absolute atomic E-state index is 12.4. The Balaban J connectivity index is 1.81. The van der Waals surface area contributed by atoms with E-state index in [2.05, 4.69) is 19.2 Å². The van der Waals surface area contributed by atoms with Crippen LogP contribution in [0.1, 0.15) is 66.2 Å². The topological polar surface area (TPSA) is 55.1 Å². The number of rotatable bonds is 3. The second-order valence-electron chi connectivity index (χ2n) is 9.17. The third-order valence-corrected chi connectivity index (χ3v) is 6.04. The molecule has 0 saturated heterocycles. The Morgan fingerprint density at radius 1 is 1.10 bits per heavy atom. The monoisotopic (exact) mass is 278 g/mol. The summed E-state index contributed by atoms with van der Waals surface area (Å²) in [6.07, 6.45) is 7.54. The van der Waals surface area contributed by atoms with Crippen molar-refractivity contribution in [2.75, 3.05) is 0 Å². The molecule has 4 aliphatic rings. The summed E-state index contributed by atoms with van der Waals surface area (Å²) in [5.41, 5.74) is 6.95. The van der Waals surface area contributed by atoms with Crippen LogP contribution in [0.4, 0.5) is 0 Å². The van der Waals surface area contributed by atoms with Crippen molar-refractivity contribution in [2.45, 2.75) is 77.8 Å². The molecule has 3 nitrogen and oxygen atoms in total. The van der Waals surface area contributed by atoms with Crippen molar-refractivity contribution < 1.29 is 4.79 Å². The Morgan fingerprint density at radius 3 is 2.10 bits per heavy atom. The smallest absolute Gasteiger partial charge is 0.237 e. The van der Waals surface area contributed by atoms with Crippen LogP contribution in [0, 0.1) is 22.7 Å². The number of amides is 1. The van der Waals surface area contributed by atoms with Crippen LogP contribution in [0.5, 0.6) is 0 Å². The Labute approximate surface area is 123 Å². The van der Waals surface area contributed by atoms with E-state index in [1.165, 1.54) is 25.7 Å². The lowest BCUT2D eigenvalue weighted by Crippen LogP contribution is -2.66. The average Bonchev–Trinajstić information content (AvgIpc) is 2.21. The van der Waals surface area contributed by atoms with Crippen LogP contribution in [0.2, 0.25) is 0 Å². The second-order valence-corrected chi connectivity index (χ2v) is 9.17. The van der Waals surface area contributed by atoms with Crippen LogP contribution in [-0.2, 0) is 4.79 Å². The van der Waals surface area contributed by atoms with Gasteiger partial charge in [-0.25, -0.2) is 0 Å². The fraction of sp³-hybridized carbons (Fsp3) is 0.941. The molecule has 3 atom stereocenters. The first-order chi connectivity index (χ1) is 9.14. The molecule has 4 bridgehead atoms. The van der Waals surface area contributed by atoms with Gasteiger partial charge in [0, 0.05) is 5.54 Å². The summed E-state index contributed by atoms with van der Waals surface area (Å²) in [6, 6.07) is -0.372. The summed E-state index contributed by atoms with van der Waals surface area (Å²) in [5, 5.41) is 3.39. The summed E-state index contributed by atoms with van der Waals surface area (Å²) < 4.78 is 0. The average molecular weight is 278 g/mol. The van der Waals surface area contributed by atoms with E-state index in [4.69, 9.17) is 5.73 Å². The van der Waals surface area contributed by atoms with Crippen molar-refractivity contribution in [3.8, 4) is 0 Å². The number of nitrogens with two attached hydrogens (primary N) is 1.